The highest BCUT2D eigenvalue weighted by atomic mass is 35.5. The van der Waals surface area contributed by atoms with Gasteiger partial charge in [-0.1, -0.05) is 11.6 Å². The lowest BCUT2D eigenvalue weighted by Gasteiger charge is -2.38. The summed E-state index contributed by atoms with van der Waals surface area (Å²) in [6, 6.07) is 3.14. The van der Waals surface area contributed by atoms with Crippen LogP contribution in [0.4, 0.5) is 0 Å². The Morgan fingerprint density at radius 3 is 2.67 bits per heavy atom. The highest BCUT2D eigenvalue weighted by Gasteiger charge is 2.33. The van der Waals surface area contributed by atoms with Crippen LogP contribution in [0.15, 0.2) is 12.1 Å². The number of nitrogens with one attached hydrogen (secondary N) is 1. The van der Waals surface area contributed by atoms with Crippen LogP contribution in [0.1, 0.15) is 36.7 Å². The Balaban J connectivity index is 2.04. The minimum absolute atomic E-state index is 0.0571. The van der Waals surface area contributed by atoms with E-state index in [4.69, 9.17) is 11.6 Å². The smallest absolute Gasteiger partial charge is 0.272 e. The molecule has 80 valence electrons. The van der Waals surface area contributed by atoms with Crippen LogP contribution in [-0.4, -0.2) is 21.6 Å². The van der Waals surface area contributed by atoms with E-state index in [1.54, 1.807) is 12.1 Å². The van der Waals surface area contributed by atoms with Crippen LogP contribution in [0.3, 0.4) is 0 Å². The summed E-state index contributed by atoms with van der Waals surface area (Å²) in [5.74, 6) is -0.179. The molecule has 1 aromatic rings. The maximum atomic E-state index is 11.7. The number of hydrogen-bond acceptors (Lipinski definition) is 3. The zero-order valence-corrected chi connectivity index (χ0v) is 9.21. The first-order valence-electron chi connectivity index (χ1n) is 4.91. The minimum Gasteiger partial charge on any atom is -0.345 e. The second kappa shape index (κ2) is 3.77. The van der Waals surface area contributed by atoms with E-state index in [2.05, 4.69) is 15.5 Å². The molecule has 1 aliphatic carbocycles. The van der Waals surface area contributed by atoms with Gasteiger partial charge in [-0.25, -0.2) is 0 Å². The van der Waals surface area contributed by atoms with E-state index in [-0.39, 0.29) is 11.4 Å². The Kier molecular flexibility index (Phi) is 2.61. The second-order valence-electron chi connectivity index (χ2n) is 4.11. The van der Waals surface area contributed by atoms with Crippen molar-refractivity contribution in [1.82, 2.24) is 15.5 Å². The number of rotatable bonds is 2. The molecule has 4 nitrogen and oxygen atoms in total. The predicted octanol–water partition coefficient (Wildman–Crippen LogP) is 1.80. The summed E-state index contributed by atoms with van der Waals surface area (Å²) >= 11 is 5.58. The Hall–Kier alpha value is -1.16. The summed E-state index contributed by atoms with van der Waals surface area (Å²) in [5, 5.41) is 10.6. The van der Waals surface area contributed by atoms with Crippen molar-refractivity contribution in [3.05, 3.63) is 23.0 Å². The molecular weight excluding hydrogens is 214 g/mol. The number of hydrogen-bond donors (Lipinski definition) is 1. The molecule has 1 fully saturated rings. The summed E-state index contributed by atoms with van der Waals surface area (Å²) in [7, 11) is 0. The van der Waals surface area contributed by atoms with Gasteiger partial charge < -0.3 is 5.32 Å². The van der Waals surface area contributed by atoms with Gasteiger partial charge in [-0.15, -0.1) is 10.2 Å². The number of aromatic nitrogens is 2. The molecule has 0 aromatic carbocycles. The Morgan fingerprint density at radius 1 is 1.47 bits per heavy atom. The zero-order valence-electron chi connectivity index (χ0n) is 8.46. The van der Waals surface area contributed by atoms with Crippen molar-refractivity contribution in [2.45, 2.75) is 31.7 Å². The third-order valence-corrected chi connectivity index (χ3v) is 2.94. The number of amides is 1. The average Bonchev–Trinajstić information content (AvgIpc) is 2.16. The monoisotopic (exact) mass is 225 g/mol. The zero-order chi connectivity index (χ0) is 10.9. The molecule has 1 aromatic heterocycles. The van der Waals surface area contributed by atoms with E-state index >= 15 is 0 Å². The summed E-state index contributed by atoms with van der Waals surface area (Å²) in [4.78, 5) is 11.7. The lowest BCUT2D eigenvalue weighted by Crippen LogP contribution is -2.51. The Morgan fingerprint density at radius 2 is 2.20 bits per heavy atom. The lowest BCUT2D eigenvalue weighted by molar-refractivity contribution is 0.0844. The van der Waals surface area contributed by atoms with E-state index in [1.807, 2.05) is 6.92 Å². The molecule has 0 spiro atoms. The van der Waals surface area contributed by atoms with Gasteiger partial charge in [0.15, 0.2) is 10.8 Å². The van der Waals surface area contributed by atoms with Crippen LogP contribution in [0.25, 0.3) is 0 Å². The molecular formula is C10H12ClN3O. The molecule has 0 unspecified atom stereocenters. The number of carbonyl (C=O) groups excluding carboxylic acids is 1. The standard InChI is InChI=1S/C10H12ClN3O/c1-10(5-2-6-10)12-9(15)7-3-4-8(11)14-13-7/h3-4H,2,5-6H2,1H3,(H,12,15). The van der Waals surface area contributed by atoms with Crippen LogP contribution < -0.4 is 5.32 Å². The van der Waals surface area contributed by atoms with Gasteiger partial charge in [-0.05, 0) is 38.3 Å². The second-order valence-corrected chi connectivity index (χ2v) is 4.50. The van der Waals surface area contributed by atoms with Gasteiger partial charge in [0.05, 0.1) is 0 Å². The van der Waals surface area contributed by atoms with Gasteiger partial charge in [0, 0.05) is 5.54 Å². The van der Waals surface area contributed by atoms with E-state index in [0.717, 1.165) is 12.8 Å². The molecule has 2 rings (SSSR count). The van der Waals surface area contributed by atoms with Crippen molar-refractivity contribution in [3.63, 3.8) is 0 Å². The molecule has 1 saturated carbocycles. The molecule has 1 aliphatic rings. The fraction of sp³-hybridized carbons (Fsp3) is 0.500. The largest absolute Gasteiger partial charge is 0.345 e. The normalized spacial score (nSPS) is 18.0. The average molecular weight is 226 g/mol. The molecule has 0 atom stereocenters. The van der Waals surface area contributed by atoms with Crippen LogP contribution in [0.5, 0.6) is 0 Å². The van der Waals surface area contributed by atoms with Crippen molar-refractivity contribution in [3.8, 4) is 0 Å². The first-order valence-corrected chi connectivity index (χ1v) is 5.29. The first-order chi connectivity index (χ1) is 7.09. The molecule has 1 heterocycles. The van der Waals surface area contributed by atoms with Gasteiger partial charge in [0.2, 0.25) is 0 Å². The van der Waals surface area contributed by atoms with E-state index in [0.29, 0.717) is 10.8 Å². The van der Waals surface area contributed by atoms with Crippen LogP contribution in [0, 0.1) is 0 Å². The predicted molar refractivity (Wildman–Crippen MR) is 56.8 cm³/mol. The summed E-state index contributed by atoms with van der Waals surface area (Å²) in [6.07, 6.45) is 3.22. The Bertz CT molecular complexity index is 373. The van der Waals surface area contributed by atoms with Gasteiger partial charge in [0.1, 0.15) is 0 Å². The highest BCUT2D eigenvalue weighted by Crippen LogP contribution is 2.31. The third-order valence-electron chi connectivity index (χ3n) is 2.74. The van der Waals surface area contributed by atoms with Crippen molar-refractivity contribution >= 4 is 17.5 Å². The van der Waals surface area contributed by atoms with E-state index in [9.17, 15) is 4.79 Å². The summed E-state index contributed by atoms with van der Waals surface area (Å²) in [5.41, 5.74) is 0.255. The van der Waals surface area contributed by atoms with Crippen LogP contribution in [-0.2, 0) is 0 Å². The van der Waals surface area contributed by atoms with Crippen LogP contribution in [0.2, 0.25) is 5.15 Å². The summed E-state index contributed by atoms with van der Waals surface area (Å²) in [6.45, 7) is 2.04. The highest BCUT2D eigenvalue weighted by molar-refractivity contribution is 6.29. The quantitative estimate of drug-likeness (QED) is 0.835. The fourth-order valence-corrected chi connectivity index (χ4v) is 1.71. The molecule has 1 amide bonds. The minimum atomic E-state index is -0.179. The summed E-state index contributed by atoms with van der Waals surface area (Å²) < 4.78 is 0. The molecule has 0 aliphatic heterocycles. The fourth-order valence-electron chi connectivity index (χ4n) is 1.61. The molecule has 0 saturated heterocycles. The third kappa shape index (κ3) is 2.26. The van der Waals surface area contributed by atoms with Gasteiger partial charge in [0.25, 0.3) is 5.91 Å². The SMILES string of the molecule is CC1(NC(=O)c2ccc(Cl)nn2)CCC1. The van der Waals surface area contributed by atoms with Crippen molar-refractivity contribution < 1.29 is 4.79 Å². The van der Waals surface area contributed by atoms with Gasteiger partial charge in [-0.3, -0.25) is 4.79 Å². The lowest BCUT2D eigenvalue weighted by atomic mass is 9.78. The van der Waals surface area contributed by atoms with Crippen molar-refractivity contribution in [1.29, 1.82) is 0 Å². The maximum Gasteiger partial charge on any atom is 0.272 e. The van der Waals surface area contributed by atoms with E-state index in [1.165, 1.54) is 6.42 Å². The van der Waals surface area contributed by atoms with Crippen molar-refractivity contribution in [2.24, 2.45) is 0 Å². The van der Waals surface area contributed by atoms with Crippen molar-refractivity contribution in [2.75, 3.05) is 0 Å². The van der Waals surface area contributed by atoms with Gasteiger partial charge in [-0.2, -0.15) is 0 Å². The molecule has 0 radical (unpaired) electrons. The Labute approximate surface area is 93.0 Å². The number of halogens is 1. The van der Waals surface area contributed by atoms with Gasteiger partial charge >= 0.3 is 0 Å². The number of nitrogens with zero attached hydrogens (tertiary/aromatic N) is 2. The van der Waals surface area contributed by atoms with Crippen LogP contribution >= 0.6 is 11.6 Å². The molecule has 15 heavy (non-hydrogen) atoms. The molecule has 0 bridgehead atoms. The topological polar surface area (TPSA) is 54.9 Å². The molecule has 5 heteroatoms. The maximum absolute atomic E-state index is 11.7. The first kappa shape index (κ1) is 10.4. The van der Waals surface area contributed by atoms with E-state index < -0.39 is 0 Å². The molecule has 1 N–H and O–H groups in total. The number of carbonyl (C=O) groups is 1.